The highest BCUT2D eigenvalue weighted by Gasteiger charge is 2.26. The average Bonchev–Trinajstić information content (AvgIpc) is 3.22. The highest BCUT2D eigenvalue weighted by molar-refractivity contribution is 7.99. The predicted molar refractivity (Wildman–Crippen MR) is 146 cm³/mol. The first-order valence-electron chi connectivity index (χ1n) is 12.0. The molecule has 0 fully saturated rings. The number of thioether (sulfide) groups is 1. The number of hydrogen-bond acceptors (Lipinski definition) is 6. The van der Waals surface area contributed by atoms with E-state index in [1.807, 2.05) is 62.4 Å². The van der Waals surface area contributed by atoms with Crippen molar-refractivity contribution in [2.45, 2.75) is 32.0 Å². The number of aromatic nitrogens is 2. The van der Waals surface area contributed by atoms with Crippen LogP contribution in [0.2, 0.25) is 0 Å². The third-order valence-electron chi connectivity index (χ3n) is 6.22. The molecule has 0 spiro atoms. The Bertz CT molecular complexity index is 1460. The van der Waals surface area contributed by atoms with E-state index in [2.05, 4.69) is 12.4 Å². The fraction of sp³-hybridized carbons (Fsp3) is 0.296. The molecule has 2 aromatic carbocycles. The number of fused-ring (bicyclic) bond motifs is 3. The minimum absolute atomic E-state index is 0.0809. The van der Waals surface area contributed by atoms with Crippen molar-refractivity contribution >= 4 is 44.9 Å². The minimum Gasteiger partial charge on any atom is -0.494 e. The van der Waals surface area contributed by atoms with Crippen LogP contribution in [0.1, 0.15) is 22.9 Å². The molecule has 36 heavy (non-hydrogen) atoms. The van der Waals surface area contributed by atoms with Crippen molar-refractivity contribution in [2.24, 2.45) is 0 Å². The molecule has 4 aromatic rings. The second kappa shape index (κ2) is 10.5. The molecular weight excluding hydrogens is 492 g/mol. The second-order valence-electron chi connectivity index (χ2n) is 8.98. The van der Waals surface area contributed by atoms with Crippen LogP contribution in [0.4, 0.5) is 5.69 Å². The Morgan fingerprint density at radius 3 is 2.67 bits per heavy atom. The Morgan fingerprint density at radius 2 is 1.94 bits per heavy atom. The number of hydrogen-bond donors (Lipinski definition) is 2. The number of rotatable bonds is 7. The second-order valence-corrected chi connectivity index (χ2v) is 11.0. The van der Waals surface area contributed by atoms with Crippen molar-refractivity contribution in [3.63, 3.8) is 0 Å². The van der Waals surface area contributed by atoms with Gasteiger partial charge >= 0.3 is 0 Å². The number of quaternary nitrogens is 1. The van der Waals surface area contributed by atoms with E-state index in [0.29, 0.717) is 22.8 Å². The number of anilines is 1. The molecule has 1 aliphatic rings. The molecule has 3 heterocycles. The molecule has 2 N–H and O–H groups in total. The lowest BCUT2D eigenvalue weighted by Crippen LogP contribution is -3.08. The van der Waals surface area contributed by atoms with Crippen molar-refractivity contribution < 1.29 is 14.4 Å². The van der Waals surface area contributed by atoms with Gasteiger partial charge in [0.1, 0.15) is 17.1 Å². The molecule has 7 nitrogen and oxygen atoms in total. The molecule has 9 heteroatoms. The largest absolute Gasteiger partial charge is 0.494 e. The summed E-state index contributed by atoms with van der Waals surface area (Å²) >= 11 is 2.88. The number of ether oxygens (including phenoxy) is 1. The number of thiophene rings is 1. The summed E-state index contributed by atoms with van der Waals surface area (Å²) in [6.07, 6.45) is 0.868. The zero-order valence-electron chi connectivity index (χ0n) is 20.6. The van der Waals surface area contributed by atoms with E-state index in [1.54, 1.807) is 15.9 Å². The third kappa shape index (κ3) is 5.04. The summed E-state index contributed by atoms with van der Waals surface area (Å²) in [5.74, 6) is 0.738. The Kier molecular flexibility index (Phi) is 7.13. The maximum atomic E-state index is 13.9. The number of nitrogens with one attached hydrogen (secondary N) is 2. The van der Waals surface area contributed by atoms with Crippen LogP contribution in [-0.2, 0) is 17.8 Å². The maximum Gasteiger partial charge on any atom is 0.267 e. The van der Waals surface area contributed by atoms with Crippen molar-refractivity contribution in [3.8, 4) is 11.4 Å². The van der Waals surface area contributed by atoms with Crippen molar-refractivity contribution in [1.29, 1.82) is 0 Å². The van der Waals surface area contributed by atoms with Gasteiger partial charge in [-0.25, -0.2) is 4.98 Å². The standard InChI is InChI=1S/C27H28N4O3S2/c1-4-34-20-11-9-19(10-12-20)31-26(33)24-21-13-14-30(3)15-22(21)36-25(24)29-27(31)35-16-23(32)28-18-7-5-17(2)6-8-18/h5-12H,4,13-16H2,1-3H3,(H,28,32)/p+1. The van der Waals surface area contributed by atoms with E-state index in [4.69, 9.17) is 9.72 Å². The molecule has 1 unspecified atom stereocenters. The molecule has 0 saturated heterocycles. The van der Waals surface area contributed by atoms with Crippen LogP contribution in [0.25, 0.3) is 15.9 Å². The van der Waals surface area contributed by atoms with Gasteiger partial charge in [-0.1, -0.05) is 29.5 Å². The summed E-state index contributed by atoms with van der Waals surface area (Å²) in [5.41, 5.74) is 3.63. The average molecular weight is 522 g/mol. The van der Waals surface area contributed by atoms with Crippen LogP contribution in [0.5, 0.6) is 5.75 Å². The Morgan fingerprint density at radius 1 is 1.19 bits per heavy atom. The van der Waals surface area contributed by atoms with Gasteiger partial charge in [0.2, 0.25) is 5.91 Å². The highest BCUT2D eigenvalue weighted by atomic mass is 32.2. The van der Waals surface area contributed by atoms with Gasteiger partial charge in [0.25, 0.3) is 5.56 Å². The van der Waals surface area contributed by atoms with Crippen molar-refractivity contribution in [1.82, 2.24) is 9.55 Å². The minimum atomic E-state index is -0.146. The van der Waals surface area contributed by atoms with Gasteiger partial charge in [-0.3, -0.25) is 14.2 Å². The van der Waals surface area contributed by atoms with Gasteiger partial charge < -0.3 is 15.0 Å². The van der Waals surface area contributed by atoms with E-state index in [0.717, 1.165) is 46.9 Å². The lowest BCUT2D eigenvalue weighted by atomic mass is 10.1. The zero-order valence-corrected chi connectivity index (χ0v) is 22.2. The SMILES string of the molecule is CCOc1ccc(-n2c(SCC(=O)Nc3ccc(C)cc3)nc3sc4c(c3c2=O)CC[NH+](C)C4)cc1. The molecule has 0 saturated carbocycles. The number of nitrogens with zero attached hydrogens (tertiary/aromatic N) is 2. The number of carbonyl (C=O) groups excluding carboxylic acids is 1. The van der Waals surface area contributed by atoms with Crippen molar-refractivity contribution in [2.75, 3.05) is 31.3 Å². The molecule has 0 radical (unpaired) electrons. The molecule has 0 aliphatic carbocycles. The first-order valence-corrected chi connectivity index (χ1v) is 13.8. The van der Waals surface area contributed by atoms with E-state index < -0.39 is 0 Å². The fourth-order valence-corrected chi connectivity index (χ4v) is 6.57. The van der Waals surface area contributed by atoms with E-state index >= 15 is 0 Å². The number of amides is 1. The number of aryl methyl sites for hydroxylation is 1. The predicted octanol–water partition coefficient (Wildman–Crippen LogP) is 3.46. The smallest absolute Gasteiger partial charge is 0.267 e. The number of benzene rings is 2. The van der Waals surface area contributed by atoms with Crippen LogP contribution in [0.15, 0.2) is 58.5 Å². The van der Waals surface area contributed by atoms with Gasteiger partial charge in [-0.15, -0.1) is 11.3 Å². The van der Waals surface area contributed by atoms with E-state index in [1.165, 1.54) is 21.5 Å². The number of carbonyl (C=O) groups is 1. The molecule has 2 aromatic heterocycles. The number of likely N-dealkylation sites (N-methyl/N-ethyl adjacent to an activating group) is 1. The molecule has 1 amide bonds. The molecule has 5 rings (SSSR count). The molecule has 1 atom stereocenters. The van der Waals surface area contributed by atoms with Crippen LogP contribution >= 0.6 is 23.1 Å². The summed E-state index contributed by atoms with van der Waals surface area (Å²) in [6.45, 7) is 6.41. The Labute approximate surface area is 218 Å². The van der Waals surface area contributed by atoms with E-state index in [9.17, 15) is 9.59 Å². The van der Waals surface area contributed by atoms with Gasteiger partial charge in [-0.05, 0) is 55.8 Å². The molecule has 186 valence electrons. The summed E-state index contributed by atoms with van der Waals surface area (Å²) in [4.78, 5) is 35.0. The summed E-state index contributed by atoms with van der Waals surface area (Å²) in [7, 11) is 2.17. The summed E-state index contributed by atoms with van der Waals surface area (Å²) < 4.78 is 7.22. The maximum absolute atomic E-state index is 13.9. The first-order chi connectivity index (χ1) is 17.4. The van der Waals surface area contributed by atoms with Gasteiger partial charge in [-0.2, -0.15) is 0 Å². The fourth-order valence-electron chi connectivity index (χ4n) is 4.39. The monoisotopic (exact) mass is 521 g/mol. The summed E-state index contributed by atoms with van der Waals surface area (Å²) in [6, 6.07) is 15.1. The zero-order chi connectivity index (χ0) is 25.2. The normalized spacial score (nSPS) is 15.0. The van der Waals surface area contributed by atoms with Crippen LogP contribution in [0, 0.1) is 6.92 Å². The third-order valence-corrected chi connectivity index (χ3v) is 8.28. The quantitative estimate of drug-likeness (QED) is 0.288. The molecular formula is C27H29N4O3S2+. The van der Waals surface area contributed by atoms with Crippen LogP contribution in [-0.4, -0.2) is 41.4 Å². The topological polar surface area (TPSA) is 77.7 Å². The first kappa shape index (κ1) is 24.5. The molecule has 0 bridgehead atoms. The van der Waals surface area contributed by atoms with Crippen LogP contribution in [0.3, 0.4) is 0 Å². The summed E-state index contributed by atoms with van der Waals surface area (Å²) in [5, 5.41) is 4.15. The van der Waals surface area contributed by atoms with Gasteiger partial charge in [0, 0.05) is 12.1 Å². The van der Waals surface area contributed by atoms with Gasteiger partial charge in [0.15, 0.2) is 5.16 Å². The lowest BCUT2D eigenvalue weighted by Gasteiger charge is -2.19. The van der Waals surface area contributed by atoms with Gasteiger partial charge in [0.05, 0.1) is 41.9 Å². The Hall–Kier alpha value is -3.14. The van der Waals surface area contributed by atoms with Crippen molar-refractivity contribution in [3.05, 3.63) is 74.9 Å². The highest BCUT2D eigenvalue weighted by Crippen LogP contribution is 2.32. The Balaban J connectivity index is 1.51. The molecule has 1 aliphatic heterocycles. The lowest BCUT2D eigenvalue weighted by molar-refractivity contribution is -0.895. The van der Waals surface area contributed by atoms with E-state index in [-0.39, 0.29) is 17.2 Å². The van der Waals surface area contributed by atoms with Crippen LogP contribution < -0.4 is 20.5 Å².